The molecule has 2 unspecified atom stereocenters. The number of carboxylic acids is 1. The molecule has 104 valence electrons. The van der Waals surface area contributed by atoms with Crippen molar-refractivity contribution in [3.05, 3.63) is 29.1 Å². The number of pyridine rings is 1. The van der Waals surface area contributed by atoms with E-state index in [-0.39, 0.29) is 17.6 Å². The van der Waals surface area contributed by atoms with Crippen molar-refractivity contribution in [2.24, 2.45) is 5.92 Å². The zero-order valence-corrected chi connectivity index (χ0v) is 11.3. The Hall–Kier alpha value is -2.42. The molecule has 0 aromatic carbocycles. The van der Waals surface area contributed by atoms with Crippen LogP contribution in [0, 0.1) is 24.2 Å². The fourth-order valence-corrected chi connectivity index (χ4v) is 2.50. The highest BCUT2D eigenvalue weighted by Crippen LogP contribution is 2.25. The summed E-state index contributed by atoms with van der Waals surface area (Å²) in [6.07, 6.45) is 0.456. The highest BCUT2D eigenvalue weighted by molar-refractivity contribution is 5.93. The molecule has 1 aromatic rings. The first kappa shape index (κ1) is 14.0. The number of carbonyl (C=O) groups is 2. The number of hydrogen-bond acceptors (Lipinski definition) is 4. The summed E-state index contributed by atoms with van der Waals surface area (Å²) in [5.74, 6) is -1.69. The predicted molar refractivity (Wildman–Crippen MR) is 69.9 cm³/mol. The third-order valence-electron chi connectivity index (χ3n) is 3.76. The van der Waals surface area contributed by atoms with Crippen molar-refractivity contribution < 1.29 is 14.7 Å². The Labute approximate surface area is 116 Å². The van der Waals surface area contributed by atoms with Crippen LogP contribution in [0.3, 0.4) is 0 Å². The van der Waals surface area contributed by atoms with Gasteiger partial charge in [0.05, 0.1) is 17.2 Å². The van der Waals surface area contributed by atoms with Crippen LogP contribution in [0.15, 0.2) is 12.1 Å². The quantitative estimate of drug-likeness (QED) is 0.873. The summed E-state index contributed by atoms with van der Waals surface area (Å²) in [5.41, 5.74) is 1.18. The highest BCUT2D eigenvalue weighted by atomic mass is 16.4. The van der Waals surface area contributed by atoms with Crippen LogP contribution < -0.4 is 0 Å². The number of carboxylic acid groups (broad SMARTS) is 1. The molecule has 2 atom stereocenters. The Morgan fingerprint density at radius 2 is 2.20 bits per heavy atom. The Morgan fingerprint density at radius 3 is 2.70 bits per heavy atom. The third-order valence-corrected chi connectivity index (χ3v) is 3.76. The lowest BCUT2D eigenvalue weighted by Gasteiger charge is -2.23. The van der Waals surface area contributed by atoms with Gasteiger partial charge in [-0.3, -0.25) is 9.59 Å². The van der Waals surface area contributed by atoms with Crippen LogP contribution in [0.2, 0.25) is 0 Å². The number of aliphatic carboxylic acids is 1. The molecule has 1 N–H and O–H groups in total. The monoisotopic (exact) mass is 273 g/mol. The van der Waals surface area contributed by atoms with Crippen molar-refractivity contribution in [3.8, 4) is 6.07 Å². The first-order valence-electron chi connectivity index (χ1n) is 6.37. The average molecular weight is 273 g/mol. The largest absolute Gasteiger partial charge is 0.481 e. The van der Waals surface area contributed by atoms with Gasteiger partial charge in [0, 0.05) is 12.6 Å². The van der Waals surface area contributed by atoms with Crippen molar-refractivity contribution in [2.75, 3.05) is 6.54 Å². The van der Waals surface area contributed by atoms with E-state index in [0.29, 0.717) is 24.2 Å². The number of carbonyl (C=O) groups excluding carboxylic acids is 1. The molecule has 1 fully saturated rings. The summed E-state index contributed by atoms with van der Waals surface area (Å²) in [4.78, 5) is 29.1. The number of amides is 1. The Morgan fingerprint density at radius 1 is 1.50 bits per heavy atom. The maximum atomic E-state index is 12.4. The van der Waals surface area contributed by atoms with Crippen molar-refractivity contribution >= 4 is 11.9 Å². The van der Waals surface area contributed by atoms with Gasteiger partial charge in [0.2, 0.25) is 0 Å². The zero-order chi connectivity index (χ0) is 14.9. The molecular formula is C14H15N3O3. The van der Waals surface area contributed by atoms with E-state index in [1.807, 2.05) is 6.07 Å². The SMILES string of the molecule is Cc1nc(C(=O)N2CCC(C(=O)O)C2C)ccc1C#N. The number of nitrogens with zero attached hydrogens (tertiary/aromatic N) is 3. The Bertz CT molecular complexity index is 606. The summed E-state index contributed by atoms with van der Waals surface area (Å²) >= 11 is 0. The second kappa shape index (κ2) is 5.29. The molecule has 1 aromatic heterocycles. The molecule has 1 aliphatic heterocycles. The van der Waals surface area contributed by atoms with Crippen molar-refractivity contribution in [2.45, 2.75) is 26.3 Å². The number of likely N-dealkylation sites (tertiary alicyclic amines) is 1. The lowest BCUT2D eigenvalue weighted by molar-refractivity contribution is -0.142. The summed E-state index contributed by atoms with van der Waals surface area (Å²) < 4.78 is 0. The summed E-state index contributed by atoms with van der Waals surface area (Å²) in [7, 11) is 0. The van der Waals surface area contributed by atoms with Gasteiger partial charge in [0.15, 0.2) is 0 Å². The van der Waals surface area contributed by atoms with Crippen LogP contribution in [-0.2, 0) is 4.79 Å². The minimum atomic E-state index is -0.878. The molecule has 0 aliphatic carbocycles. The Kier molecular flexibility index (Phi) is 3.70. The molecule has 2 heterocycles. The van der Waals surface area contributed by atoms with Crippen LogP contribution in [0.25, 0.3) is 0 Å². The highest BCUT2D eigenvalue weighted by Gasteiger charge is 2.38. The maximum absolute atomic E-state index is 12.4. The Balaban J connectivity index is 2.23. The van der Waals surface area contributed by atoms with Gasteiger partial charge in [-0.05, 0) is 32.4 Å². The molecule has 1 saturated heterocycles. The first-order chi connectivity index (χ1) is 9.45. The maximum Gasteiger partial charge on any atom is 0.308 e. The molecular weight excluding hydrogens is 258 g/mol. The second-order valence-corrected chi connectivity index (χ2v) is 4.91. The van der Waals surface area contributed by atoms with E-state index in [2.05, 4.69) is 4.98 Å². The normalized spacial score (nSPS) is 21.6. The molecule has 20 heavy (non-hydrogen) atoms. The molecule has 0 saturated carbocycles. The number of nitriles is 1. The topological polar surface area (TPSA) is 94.3 Å². The molecule has 0 radical (unpaired) electrons. The van der Waals surface area contributed by atoms with E-state index in [9.17, 15) is 9.59 Å². The summed E-state index contributed by atoms with van der Waals surface area (Å²) in [5, 5.41) is 17.9. The van der Waals surface area contributed by atoms with Gasteiger partial charge >= 0.3 is 5.97 Å². The zero-order valence-electron chi connectivity index (χ0n) is 11.3. The minimum absolute atomic E-state index is 0.249. The second-order valence-electron chi connectivity index (χ2n) is 4.91. The van der Waals surface area contributed by atoms with E-state index in [4.69, 9.17) is 10.4 Å². The standard InChI is InChI=1S/C14H15N3O3/c1-8-10(7-15)3-4-12(16-8)13(18)17-6-5-11(9(17)2)14(19)20/h3-4,9,11H,5-6H2,1-2H3,(H,19,20). The van der Waals surface area contributed by atoms with Crippen LogP contribution in [0.5, 0.6) is 0 Å². The minimum Gasteiger partial charge on any atom is -0.481 e. The molecule has 1 aliphatic rings. The fraction of sp³-hybridized carbons (Fsp3) is 0.429. The van der Waals surface area contributed by atoms with Crippen LogP contribution in [0.1, 0.15) is 35.1 Å². The van der Waals surface area contributed by atoms with Gasteiger partial charge in [0.25, 0.3) is 5.91 Å². The predicted octanol–water partition coefficient (Wildman–Crippen LogP) is 1.20. The molecule has 0 bridgehead atoms. The van der Waals surface area contributed by atoms with Crippen LogP contribution >= 0.6 is 0 Å². The van der Waals surface area contributed by atoms with E-state index in [1.165, 1.54) is 11.0 Å². The molecule has 0 spiro atoms. The third kappa shape index (κ3) is 2.35. The van der Waals surface area contributed by atoms with Crippen LogP contribution in [-0.4, -0.2) is 39.5 Å². The summed E-state index contributed by atoms with van der Waals surface area (Å²) in [6.45, 7) is 3.82. The van der Waals surface area contributed by atoms with Gasteiger partial charge in [-0.25, -0.2) is 4.98 Å². The molecule has 6 nitrogen and oxygen atoms in total. The average Bonchev–Trinajstić information content (AvgIpc) is 2.79. The van der Waals surface area contributed by atoms with E-state index in [0.717, 1.165) is 0 Å². The molecule has 6 heteroatoms. The fourth-order valence-electron chi connectivity index (χ4n) is 2.50. The summed E-state index contributed by atoms with van der Waals surface area (Å²) in [6, 6.07) is 4.72. The van der Waals surface area contributed by atoms with E-state index < -0.39 is 11.9 Å². The van der Waals surface area contributed by atoms with Crippen molar-refractivity contribution in [3.63, 3.8) is 0 Å². The van der Waals surface area contributed by atoms with Crippen molar-refractivity contribution in [1.29, 1.82) is 5.26 Å². The number of hydrogen-bond donors (Lipinski definition) is 1. The van der Waals surface area contributed by atoms with Gasteiger partial charge in [-0.15, -0.1) is 0 Å². The van der Waals surface area contributed by atoms with Gasteiger partial charge in [-0.1, -0.05) is 0 Å². The smallest absolute Gasteiger partial charge is 0.308 e. The van der Waals surface area contributed by atoms with E-state index in [1.54, 1.807) is 19.9 Å². The lowest BCUT2D eigenvalue weighted by atomic mass is 10.0. The van der Waals surface area contributed by atoms with Crippen molar-refractivity contribution in [1.82, 2.24) is 9.88 Å². The lowest BCUT2D eigenvalue weighted by Crippen LogP contribution is -2.38. The first-order valence-corrected chi connectivity index (χ1v) is 6.37. The number of aromatic nitrogens is 1. The van der Waals surface area contributed by atoms with E-state index >= 15 is 0 Å². The molecule has 2 rings (SSSR count). The van der Waals surface area contributed by atoms with Crippen LogP contribution in [0.4, 0.5) is 0 Å². The van der Waals surface area contributed by atoms with Gasteiger partial charge in [-0.2, -0.15) is 5.26 Å². The number of rotatable bonds is 2. The number of aryl methyl sites for hydroxylation is 1. The van der Waals surface area contributed by atoms with Gasteiger partial charge < -0.3 is 10.0 Å². The van der Waals surface area contributed by atoms with Gasteiger partial charge in [0.1, 0.15) is 11.8 Å². The molecule has 1 amide bonds.